The molecule has 1 heteroatoms. The van der Waals surface area contributed by atoms with Crippen molar-refractivity contribution in [2.75, 3.05) is 0 Å². The van der Waals surface area contributed by atoms with Gasteiger partial charge in [0.05, 0.1) is 6.07 Å². The molecule has 1 nitrogen and oxygen atoms in total. The zero-order chi connectivity index (χ0) is 8.23. The molecular weight excluding hydrogens is 146 g/mol. The molecule has 0 heterocycles. The van der Waals surface area contributed by atoms with Crippen LogP contribution in [0.1, 0.15) is 44.9 Å². The van der Waals surface area contributed by atoms with Gasteiger partial charge in [-0.2, -0.15) is 5.26 Å². The van der Waals surface area contributed by atoms with Crippen LogP contribution in [-0.2, 0) is 0 Å². The van der Waals surface area contributed by atoms with Crippen LogP contribution in [-0.4, -0.2) is 0 Å². The third kappa shape index (κ3) is 0.690. The van der Waals surface area contributed by atoms with Gasteiger partial charge >= 0.3 is 0 Å². The lowest BCUT2D eigenvalue weighted by Crippen LogP contribution is -2.56. The number of hydrogen-bond donors (Lipinski definition) is 0. The fraction of sp³-hybridized carbons (Fsp3) is 0.909. The molecule has 64 valence electrons. The van der Waals surface area contributed by atoms with Crippen LogP contribution in [0.4, 0.5) is 0 Å². The lowest BCUT2D eigenvalue weighted by Gasteiger charge is -2.66. The third-order valence-electron chi connectivity index (χ3n) is 4.46. The Hall–Kier alpha value is -0.510. The van der Waals surface area contributed by atoms with Crippen LogP contribution in [0.5, 0.6) is 0 Å². The second-order valence-electron chi connectivity index (χ2n) is 5.44. The topological polar surface area (TPSA) is 23.8 Å². The molecule has 0 aromatic heterocycles. The Labute approximate surface area is 73.8 Å². The van der Waals surface area contributed by atoms with Crippen molar-refractivity contribution in [2.45, 2.75) is 44.9 Å². The summed E-state index contributed by atoms with van der Waals surface area (Å²) in [4.78, 5) is 0. The second kappa shape index (κ2) is 1.87. The Kier molecular flexibility index (Phi) is 1.08. The Morgan fingerprint density at radius 3 is 2.17 bits per heavy atom. The molecule has 0 aliphatic heterocycles. The summed E-state index contributed by atoms with van der Waals surface area (Å²) in [5.74, 6) is 0.419. The van der Waals surface area contributed by atoms with E-state index in [4.69, 9.17) is 5.26 Å². The highest BCUT2D eigenvalue weighted by Gasteiger charge is 2.61. The first-order valence-electron chi connectivity index (χ1n) is 5.16. The van der Waals surface area contributed by atoms with Crippen LogP contribution in [0, 0.1) is 28.1 Å². The molecule has 0 bridgehead atoms. The summed E-state index contributed by atoms with van der Waals surface area (Å²) in [5, 5.41) is 8.69. The molecule has 0 radical (unpaired) electrons. The molecule has 2 spiro atoms. The average molecular weight is 161 g/mol. The average Bonchev–Trinajstić information content (AvgIpc) is 1.78. The van der Waals surface area contributed by atoms with E-state index in [9.17, 15) is 0 Å². The predicted molar refractivity (Wildman–Crippen MR) is 46.3 cm³/mol. The Morgan fingerprint density at radius 1 is 1.08 bits per heavy atom. The zero-order valence-electron chi connectivity index (χ0n) is 7.47. The van der Waals surface area contributed by atoms with E-state index >= 15 is 0 Å². The van der Waals surface area contributed by atoms with E-state index in [1.54, 1.807) is 0 Å². The molecule has 0 N–H and O–H groups in total. The molecule has 0 amide bonds. The van der Waals surface area contributed by atoms with Crippen LogP contribution in [0.3, 0.4) is 0 Å². The lowest BCUT2D eigenvalue weighted by molar-refractivity contribution is -0.152. The maximum Gasteiger partial charge on any atom is 0.0656 e. The molecular formula is C11H15N. The fourth-order valence-corrected chi connectivity index (χ4v) is 3.94. The number of hydrogen-bond acceptors (Lipinski definition) is 1. The van der Waals surface area contributed by atoms with Gasteiger partial charge in [-0.15, -0.1) is 0 Å². The van der Waals surface area contributed by atoms with Gasteiger partial charge in [0.15, 0.2) is 0 Å². The summed E-state index contributed by atoms with van der Waals surface area (Å²) in [6, 6.07) is 2.39. The first kappa shape index (κ1) is 6.95. The highest BCUT2D eigenvalue weighted by molar-refractivity contribution is 5.15. The highest BCUT2D eigenvalue weighted by Crippen LogP contribution is 2.71. The molecule has 3 aliphatic rings. The number of nitriles is 1. The second-order valence-corrected chi connectivity index (χ2v) is 5.44. The first-order valence-corrected chi connectivity index (χ1v) is 5.16. The van der Waals surface area contributed by atoms with E-state index in [2.05, 4.69) is 6.07 Å². The van der Waals surface area contributed by atoms with Gasteiger partial charge in [-0.25, -0.2) is 0 Å². The maximum atomic E-state index is 8.69. The minimum absolute atomic E-state index is 0.419. The zero-order valence-corrected chi connectivity index (χ0v) is 7.47. The standard InChI is InChI=1S/C11H15N/c12-6-9-4-11(5-9)7-10(8-11)2-1-3-10/h9H,1-5,7-8H2. The van der Waals surface area contributed by atoms with Gasteiger partial charge in [0.1, 0.15) is 0 Å². The van der Waals surface area contributed by atoms with Crippen molar-refractivity contribution in [2.24, 2.45) is 16.7 Å². The molecule has 3 fully saturated rings. The van der Waals surface area contributed by atoms with Gasteiger partial charge in [0.2, 0.25) is 0 Å². The Bertz CT molecular complexity index is 241. The first-order chi connectivity index (χ1) is 5.76. The van der Waals surface area contributed by atoms with E-state index in [0.717, 1.165) is 5.41 Å². The van der Waals surface area contributed by atoms with Gasteiger partial charge in [-0.05, 0) is 49.4 Å². The Balaban J connectivity index is 1.60. The molecule has 0 saturated heterocycles. The summed E-state index contributed by atoms with van der Waals surface area (Å²) in [6.07, 6.45) is 9.85. The summed E-state index contributed by atoms with van der Waals surface area (Å²) in [6.45, 7) is 0. The molecule has 3 rings (SSSR count). The van der Waals surface area contributed by atoms with Gasteiger partial charge in [-0.1, -0.05) is 6.42 Å². The van der Waals surface area contributed by atoms with Crippen molar-refractivity contribution < 1.29 is 0 Å². The molecule has 0 aromatic carbocycles. The summed E-state index contributed by atoms with van der Waals surface area (Å²) in [5.41, 5.74) is 1.49. The van der Waals surface area contributed by atoms with Gasteiger partial charge in [0.25, 0.3) is 0 Å². The van der Waals surface area contributed by atoms with Crippen molar-refractivity contribution in [1.29, 1.82) is 5.26 Å². The highest BCUT2D eigenvalue weighted by atomic mass is 14.7. The minimum atomic E-state index is 0.419. The van der Waals surface area contributed by atoms with Crippen molar-refractivity contribution in [1.82, 2.24) is 0 Å². The van der Waals surface area contributed by atoms with Crippen molar-refractivity contribution in [3.8, 4) is 6.07 Å². The van der Waals surface area contributed by atoms with E-state index in [0.29, 0.717) is 11.3 Å². The van der Waals surface area contributed by atoms with Gasteiger partial charge < -0.3 is 0 Å². The van der Waals surface area contributed by atoms with Crippen molar-refractivity contribution in [3.05, 3.63) is 0 Å². The van der Waals surface area contributed by atoms with Crippen LogP contribution >= 0.6 is 0 Å². The molecule has 0 aromatic rings. The summed E-state index contributed by atoms with van der Waals surface area (Å²) in [7, 11) is 0. The van der Waals surface area contributed by atoms with Crippen LogP contribution < -0.4 is 0 Å². The van der Waals surface area contributed by atoms with E-state index in [1.165, 1.54) is 44.9 Å². The third-order valence-corrected chi connectivity index (χ3v) is 4.46. The number of nitrogens with zero attached hydrogens (tertiary/aromatic N) is 1. The van der Waals surface area contributed by atoms with Crippen molar-refractivity contribution >= 4 is 0 Å². The normalized spacial score (nSPS) is 34.9. The monoisotopic (exact) mass is 161 g/mol. The van der Waals surface area contributed by atoms with E-state index in [-0.39, 0.29) is 0 Å². The van der Waals surface area contributed by atoms with E-state index in [1.807, 2.05) is 0 Å². The maximum absolute atomic E-state index is 8.69. The molecule has 0 unspecified atom stereocenters. The predicted octanol–water partition coefficient (Wildman–Crippen LogP) is 2.87. The Morgan fingerprint density at radius 2 is 1.75 bits per heavy atom. The molecule has 3 aliphatic carbocycles. The number of rotatable bonds is 0. The quantitative estimate of drug-likeness (QED) is 0.536. The summed E-state index contributed by atoms with van der Waals surface area (Å²) >= 11 is 0. The van der Waals surface area contributed by atoms with Gasteiger partial charge in [-0.3, -0.25) is 0 Å². The van der Waals surface area contributed by atoms with E-state index < -0.39 is 0 Å². The minimum Gasteiger partial charge on any atom is -0.198 e. The van der Waals surface area contributed by atoms with Crippen LogP contribution in [0.2, 0.25) is 0 Å². The summed E-state index contributed by atoms with van der Waals surface area (Å²) < 4.78 is 0. The molecule has 12 heavy (non-hydrogen) atoms. The van der Waals surface area contributed by atoms with Gasteiger partial charge in [0, 0.05) is 5.92 Å². The molecule has 0 atom stereocenters. The van der Waals surface area contributed by atoms with Crippen LogP contribution in [0.25, 0.3) is 0 Å². The fourth-order valence-electron chi connectivity index (χ4n) is 3.94. The van der Waals surface area contributed by atoms with Crippen LogP contribution in [0.15, 0.2) is 0 Å². The smallest absolute Gasteiger partial charge is 0.0656 e. The molecule has 3 saturated carbocycles. The largest absolute Gasteiger partial charge is 0.198 e. The SMILES string of the molecule is N#CC1CC2(C1)CC1(CCC1)C2. The lowest BCUT2D eigenvalue weighted by atomic mass is 9.38. The van der Waals surface area contributed by atoms with Crippen molar-refractivity contribution in [3.63, 3.8) is 0 Å².